The van der Waals surface area contributed by atoms with Crippen molar-refractivity contribution in [1.82, 2.24) is 9.78 Å². The average molecular weight is 168 g/mol. The van der Waals surface area contributed by atoms with Crippen molar-refractivity contribution in [3.05, 3.63) is 18.0 Å². The normalized spacial score (nSPS) is 11.0. The molecule has 0 saturated heterocycles. The van der Waals surface area contributed by atoms with E-state index in [2.05, 4.69) is 18.9 Å². The van der Waals surface area contributed by atoms with E-state index in [0.717, 1.165) is 18.5 Å². The first kappa shape index (κ1) is 9.26. The molecule has 1 rings (SSSR count). The number of hydrogen-bond donors (Lipinski definition) is 1. The van der Waals surface area contributed by atoms with Gasteiger partial charge in [0.15, 0.2) is 0 Å². The van der Waals surface area contributed by atoms with E-state index in [1.54, 1.807) is 0 Å². The van der Waals surface area contributed by atoms with Gasteiger partial charge < -0.3 is 5.11 Å². The summed E-state index contributed by atoms with van der Waals surface area (Å²) in [5, 5.41) is 13.0. The number of nitrogens with zero attached hydrogens (tertiary/aromatic N) is 2. The Labute approximate surface area is 73.0 Å². The van der Waals surface area contributed by atoms with Crippen molar-refractivity contribution >= 4 is 0 Å². The van der Waals surface area contributed by atoms with Crippen LogP contribution in [0.4, 0.5) is 0 Å². The standard InChI is InChI=1S/C9H16N2O/c1-8(2)11-6-5-9(10-11)4-3-7-12/h5-6,8,12H,3-4,7H2,1-2H3. The molecule has 0 saturated carbocycles. The van der Waals surface area contributed by atoms with Crippen molar-refractivity contribution in [3.63, 3.8) is 0 Å². The molecule has 1 aromatic heterocycles. The van der Waals surface area contributed by atoms with E-state index in [0.29, 0.717) is 6.04 Å². The largest absolute Gasteiger partial charge is 0.396 e. The van der Waals surface area contributed by atoms with Gasteiger partial charge in [0, 0.05) is 18.8 Å². The van der Waals surface area contributed by atoms with Crippen LogP contribution in [0.15, 0.2) is 12.3 Å². The van der Waals surface area contributed by atoms with Crippen LogP contribution in [-0.2, 0) is 6.42 Å². The van der Waals surface area contributed by atoms with Crippen LogP contribution in [0.2, 0.25) is 0 Å². The lowest BCUT2D eigenvalue weighted by atomic mass is 10.2. The highest BCUT2D eigenvalue weighted by Crippen LogP contribution is 2.05. The van der Waals surface area contributed by atoms with E-state index in [-0.39, 0.29) is 6.61 Å². The molecule has 0 aliphatic carbocycles. The minimum Gasteiger partial charge on any atom is -0.396 e. The molecular weight excluding hydrogens is 152 g/mol. The molecule has 3 heteroatoms. The Morgan fingerprint density at radius 2 is 2.33 bits per heavy atom. The SMILES string of the molecule is CC(C)n1ccc(CCCO)n1. The van der Waals surface area contributed by atoms with Crippen molar-refractivity contribution in [2.45, 2.75) is 32.7 Å². The molecule has 1 aromatic rings. The van der Waals surface area contributed by atoms with E-state index in [9.17, 15) is 0 Å². The van der Waals surface area contributed by atoms with Crippen molar-refractivity contribution in [1.29, 1.82) is 0 Å². The lowest BCUT2D eigenvalue weighted by Crippen LogP contribution is -2.02. The first-order valence-corrected chi connectivity index (χ1v) is 4.39. The minimum atomic E-state index is 0.245. The van der Waals surface area contributed by atoms with Crippen LogP contribution in [0.25, 0.3) is 0 Å². The number of hydrogen-bond acceptors (Lipinski definition) is 2. The monoisotopic (exact) mass is 168 g/mol. The van der Waals surface area contributed by atoms with Gasteiger partial charge in [0.1, 0.15) is 0 Å². The average Bonchev–Trinajstić information content (AvgIpc) is 2.48. The molecule has 12 heavy (non-hydrogen) atoms. The number of aliphatic hydroxyl groups is 1. The summed E-state index contributed by atoms with van der Waals surface area (Å²) in [6.45, 7) is 4.44. The summed E-state index contributed by atoms with van der Waals surface area (Å²) < 4.78 is 1.94. The van der Waals surface area contributed by atoms with Gasteiger partial charge in [-0.3, -0.25) is 4.68 Å². The Bertz CT molecular complexity index is 230. The van der Waals surface area contributed by atoms with E-state index in [1.807, 2.05) is 16.9 Å². The van der Waals surface area contributed by atoms with Crippen molar-refractivity contribution < 1.29 is 5.11 Å². The Balaban J connectivity index is 2.52. The maximum atomic E-state index is 8.61. The quantitative estimate of drug-likeness (QED) is 0.737. The molecule has 1 heterocycles. The number of aryl methyl sites for hydroxylation is 1. The highest BCUT2D eigenvalue weighted by atomic mass is 16.2. The van der Waals surface area contributed by atoms with Gasteiger partial charge >= 0.3 is 0 Å². The Morgan fingerprint density at radius 3 is 2.83 bits per heavy atom. The second-order valence-corrected chi connectivity index (χ2v) is 3.21. The molecular formula is C9H16N2O. The topological polar surface area (TPSA) is 38.0 Å². The molecule has 0 aliphatic heterocycles. The maximum absolute atomic E-state index is 8.61. The summed E-state index contributed by atoms with van der Waals surface area (Å²) in [7, 11) is 0. The minimum absolute atomic E-state index is 0.245. The predicted octanol–water partition coefficient (Wildman–Crippen LogP) is 1.39. The summed E-state index contributed by atoms with van der Waals surface area (Å²) >= 11 is 0. The zero-order valence-electron chi connectivity index (χ0n) is 7.70. The van der Waals surface area contributed by atoms with Crippen molar-refractivity contribution in [2.24, 2.45) is 0 Å². The Morgan fingerprint density at radius 1 is 1.58 bits per heavy atom. The van der Waals surface area contributed by atoms with Gasteiger partial charge in [0.2, 0.25) is 0 Å². The van der Waals surface area contributed by atoms with Gasteiger partial charge in [0.25, 0.3) is 0 Å². The van der Waals surface area contributed by atoms with Crippen LogP contribution >= 0.6 is 0 Å². The third-order valence-electron chi connectivity index (χ3n) is 1.78. The summed E-state index contributed by atoms with van der Waals surface area (Å²) in [5.74, 6) is 0. The zero-order valence-corrected chi connectivity index (χ0v) is 7.70. The predicted molar refractivity (Wildman–Crippen MR) is 48.0 cm³/mol. The smallest absolute Gasteiger partial charge is 0.0625 e. The van der Waals surface area contributed by atoms with Gasteiger partial charge in [-0.25, -0.2) is 0 Å². The Hall–Kier alpha value is -0.830. The number of rotatable bonds is 4. The lowest BCUT2D eigenvalue weighted by Gasteiger charge is -2.03. The first-order valence-electron chi connectivity index (χ1n) is 4.39. The molecule has 0 aromatic carbocycles. The van der Waals surface area contributed by atoms with Crippen molar-refractivity contribution in [2.75, 3.05) is 6.61 Å². The molecule has 0 fully saturated rings. The van der Waals surface area contributed by atoms with Gasteiger partial charge in [-0.1, -0.05) is 0 Å². The van der Waals surface area contributed by atoms with Crippen LogP contribution < -0.4 is 0 Å². The second kappa shape index (κ2) is 4.26. The maximum Gasteiger partial charge on any atom is 0.0625 e. The van der Waals surface area contributed by atoms with Crippen molar-refractivity contribution in [3.8, 4) is 0 Å². The third kappa shape index (κ3) is 2.34. The highest BCUT2D eigenvalue weighted by molar-refractivity contribution is 4.99. The van der Waals surface area contributed by atoms with Crippen LogP contribution in [0, 0.1) is 0 Å². The molecule has 0 spiro atoms. The molecule has 0 amide bonds. The van der Waals surface area contributed by atoms with E-state index < -0.39 is 0 Å². The molecule has 68 valence electrons. The van der Waals surface area contributed by atoms with E-state index in [1.165, 1.54) is 0 Å². The fraction of sp³-hybridized carbons (Fsp3) is 0.667. The zero-order chi connectivity index (χ0) is 8.97. The molecule has 0 atom stereocenters. The van der Waals surface area contributed by atoms with Crippen LogP contribution in [-0.4, -0.2) is 21.5 Å². The highest BCUT2D eigenvalue weighted by Gasteiger charge is 2.00. The fourth-order valence-corrected chi connectivity index (χ4v) is 1.06. The fourth-order valence-electron chi connectivity index (χ4n) is 1.06. The van der Waals surface area contributed by atoms with Crippen LogP contribution in [0.5, 0.6) is 0 Å². The van der Waals surface area contributed by atoms with Gasteiger partial charge in [-0.15, -0.1) is 0 Å². The first-order chi connectivity index (χ1) is 5.74. The summed E-state index contributed by atoms with van der Waals surface area (Å²) in [6, 6.07) is 2.43. The molecule has 0 bridgehead atoms. The van der Waals surface area contributed by atoms with Gasteiger partial charge in [-0.05, 0) is 32.8 Å². The number of aliphatic hydroxyl groups excluding tert-OH is 1. The van der Waals surface area contributed by atoms with Crippen LogP contribution in [0.3, 0.4) is 0 Å². The van der Waals surface area contributed by atoms with Gasteiger partial charge in [-0.2, -0.15) is 5.10 Å². The molecule has 3 nitrogen and oxygen atoms in total. The molecule has 1 N–H and O–H groups in total. The van der Waals surface area contributed by atoms with Crippen LogP contribution in [0.1, 0.15) is 32.0 Å². The summed E-state index contributed by atoms with van der Waals surface area (Å²) in [5.41, 5.74) is 1.07. The van der Waals surface area contributed by atoms with E-state index >= 15 is 0 Å². The Kier molecular flexibility index (Phi) is 3.29. The third-order valence-corrected chi connectivity index (χ3v) is 1.78. The second-order valence-electron chi connectivity index (χ2n) is 3.21. The molecule has 0 radical (unpaired) electrons. The molecule has 0 aliphatic rings. The summed E-state index contributed by atoms with van der Waals surface area (Å²) in [6.07, 6.45) is 3.66. The van der Waals surface area contributed by atoms with Gasteiger partial charge in [0.05, 0.1) is 5.69 Å². The van der Waals surface area contributed by atoms with E-state index in [4.69, 9.17) is 5.11 Å². The molecule has 0 unspecified atom stereocenters. The number of aromatic nitrogens is 2. The summed E-state index contributed by atoms with van der Waals surface area (Å²) in [4.78, 5) is 0. The lowest BCUT2D eigenvalue weighted by molar-refractivity contribution is 0.288.